The standard InChI is InChI=1S/C23H18ClN5O2S/c1-15-7-13-18(14-8-15)32(30,31)28(2)22-23-27-26-21(16-9-11-17(24)12-10-16)29(23)20-6-4-3-5-19(20)25-22/h3-14H,1-2H3. The lowest BCUT2D eigenvalue weighted by atomic mass is 10.2. The Bertz CT molecular complexity index is 1560. The topological polar surface area (TPSA) is 80.5 Å². The highest BCUT2D eigenvalue weighted by Gasteiger charge is 2.27. The Kier molecular flexibility index (Phi) is 4.83. The number of hydrogen-bond donors (Lipinski definition) is 0. The van der Waals surface area contributed by atoms with E-state index >= 15 is 0 Å². The minimum Gasteiger partial charge on any atom is -0.270 e. The van der Waals surface area contributed by atoms with Gasteiger partial charge in [0.15, 0.2) is 11.6 Å². The summed E-state index contributed by atoms with van der Waals surface area (Å²) in [5, 5.41) is 9.29. The molecule has 0 amide bonds. The third-order valence-electron chi connectivity index (χ3n) is 5.29. The first-order valence-corrected chi connectivity index (χ1v) is 11.6. The molecule has 2 aromatic heterocycles. The van der Waals surface area contributed by atoms with Gasteiger partial charge in [-0.25, -0.2) is 17.7 Å². The van der Waals surface area contributed by atoms with Crippen LogP contribution in [0.2, 0.25) is 5.02 Å². The van der Waals surface area contributed by atoms with E-state index in [1.807, 2.05) is 47.7 Å². The normalized spacial score (nSPS) is 11.8. The number of rotatable bonds is 4. The summed E-state index contributed by atoms with van der Waals surface area (Å²) in [5.74, 6) is 0.759. The summed E-state index contributed by atoms with van der Waals surface area (Å²) in [5.41, 5.74) is 3.50. The van der Waals surface area contributed by atoms with E-state index in [0.29, 0.717) is 22.0 Å². The average Bonchev–Trinajstić information content (AvgIpc) is 3.24. The number of aryl methyl sites for hydroxylation is 1. The van der Waals surface area contributed by atoms with Crippen molar-refractivity contribution < 1.29 is 8.42 Å². The molecule has 32 heavy (non-hydrogen) atoms. The molecule has 0 bridgehead atoms. The van der Waals surface area contributed by atoms with Crippen molar-refractivity contribution in [3.05, 3.63) is 83.4 Å². The van der Waals surface area contributed by atoms with E-state index in [2.05, 4.69) is 15.2 Å². The lowest BCUT2D eigenvalue weighted by molar-refractivity contribution is 0.594. The van der Waals surface area contributed by atoms with Crippen molar-refractivity contribution in [1.82, 2.24) is 19.6 Å². The summed E-state index contributed by atoms with van der Waals surface area (Å²) in [6.45, 7) is 1.91. The molecule has 0 spiro atoms. The Morgan fingerprint density at radius 1 is 0.906 bits per heavy atom. The number of benzene rings is 3. The molecule has 0 unspecified atom stereocenters. The van der Waals surface area contributed by atoms with Crippen LogP contribution in [0.1, 0.15) is 5.56 Å². The zero-order valence-electron chi connectivity index (χ0n) is 17.3. The second kappa shape index (κ2) is 7.58. The minimum atomic E-state index is -3.86. The van der Waals surface area contributed by atoms with Crippen LogP contribution in [0.4, 0.5) is 5.82 Å². The number of fused-ring (bicyclic) bond motifs is 3. The van der Waals surface area contributed by atoms with Crippen molar-refractivity contribution in [1.29, 1.82) is 0 Å². The van der Waals surface area contributed by atoms with Gasteiger partial charge in [-0.3, -0.25) is 4.40 Å². The number of anilines is 1. The van der Waals surface area contributed by atoms with Crippen molar-refractivity contribution in [2.45, 2.75) is 11.8 Å². The van der Waals surface area contributed by atoms with Crippen molar-refractivity contribution in [2.75, 3.05) is 11.4 Å². The molecule has 7 nitrogen and oxygen atoms in total. The summed E-state index contributed by atoms with van der Waals surface area (Å²) in [6, 6.07) is 21.4. The van der Waals surface area contributed by atoms with E-state index in [1.165, 1.54) is 7.05 Å². The van der Waals surface area contributed by atoms with Crippen LogP contribution < -0.4 is 4.31 Å². The van der Waals surface area contributed by atoms with Gasteiger partial charge in [-0.05, 0) is 55.5 Å². The van der Waals surface area contributed by atoms with Gasteiger partial charge < -0.3 is 0 Å². The van der Waals surface area contributed by atoms with Crippen LogP contribution >= 0.6 is 11.6 Å². The van der Waals surface area contributed by atoms with Gasteiger partial charge >= 0.3 is 0 Å². The highest BCUT2D eigenvalue weighted by Crippen LogP contribution is 2.31. The van der Waals surface area contributed by atoms with Gasteiger partial charge in [-0.15, -0.1) is 10.2 Å². The van der Waals surface area contributed by atoms with Crippen LogP contribution in [-0.4, -0.2) is 35.0 Å². The van der Waals surface area contributed by atoms with Crippen molar-refractivity contribution >= 4 is 44.1 Å². The summed E-state index contributed by atoms with van der Waals surface area (Å²) in [4.78, 5) is 4.81. The highest BCUT2D eigenvalue weighted by molar-refractivity contribution is 7.92. The fourth-order valence-electron chi connectivity index (χ4n) is 3.55. The smallest absolute Gasteiger partial charge is 0.265 e. The second-order valence-corrected chi connectivity index (χ2v) is 9.80. The van der Waals surface area contributed by atoms with E-state index in [0.717, 1.165) is 20.9 Å². The monoisotopic (exact) mass is 463 g/mol. The SMILES string of the molecule is Cc1ccc(S(=O)(=O)N(C)c2nc3ccccc3n3c(-c4ccc(Cl)cc4)nnc23)cc1. The molecule has 160 valence electrons. The van der Waals surface area contributed by atoms with E-state index in [1.54, 1.807) is 36.4 Å². The van der Waals surface area contributed by atoms with Gasteiger partial charge in [0.25, 0.3) is 10.0 Å². The zero-order chi connectivity index (χ0) is 22.5. The molecule has 0 fully saturated rings. The first-order valence-electron chi connectivity index (χ1n) is 9.82. The predicted octanol–water partition coefficient (Wildman–Crippen LogP) is 4.73. The Labute approximate surface area is 190 Å². The minimum absolute atomic E-state index is 0.177. The third-order valence-corrected chi connectivity index (χ3v) is 7.31. The molecule has 3 aromatic carbocycles. The number of hydrogen-bond acceptors (Lipinski definition) is 5. The number of halogens is 1. The van der Waals surface area contributed by atoms with Crippen molar-refractivity contribution in [3.63, 3.8) is 0 Å². The summed E-state index contributed by atoms with van der Waals surface area (Å²) >= 11 is 6.05. The highest BCUT2D eigenvalue weighted by atomic mass is 35.5. The van der Waals surface area contributed by atoms with Crippen LogP contribution in [0.3, 0.4) is 0 Å². The number of para-hydroxylation sites is 2. The van der Waals surface area contributed by atoms with Gasteiger partial charge in [0, 0.05) is 17.6 Å². The third kappa shape index (κ3) is 3.28. The van der Waals surface area contributed by atoms with Crippen LogP contribution in [0, 0.1) is 6.92 Å². The van der Waals surface area contributed by atoms with Crippen molar-refractivity contribution in [2.24, 2.45) is 0 Å². The average molecular weight is 464 g/mol. The molecule has 5 aromatic rings. The maximum Gasteiger partial charge on any atom is 0.265 e. The molecule has 0 aliphatic rings. The van der Waals surface area contributed by atoms with Gasteiger partial charge in [-0.1, -0.05) is 41.4 Å². The van der Waals surface area contributed by atoms with E-state index in [4.69, 9.17) is 11.6 Å². The van der Waals surface area contributed by atoms with Gasteiger partial charge in [0.1, 0.15) is 0 Å². The first kappa shape index (κ1) is 20.4. The molecule has 5 rings (SSSR count). The van der Waals surface area contributed by atoms with Crippen LogP contribution in [0.15, 0.2) is 77.7 Å². The first-order chi connectivity index (χ1) is 15.4. The van der Waals surface area contributed by atoms with Crippen LogP contribution in [-0.2, 0) is 10.0 Å². The van der Waals surface area contributed by atoms with E-state index in [9.17, 15) is 8.42 Å². The quantitative estimate of drug-likeness (QED) is 0.385. The van der Waals surface area contributed by atoms with Crippen LogP contribution in [0.5, 0.6) is 0 Å². The molecule has 0 saturated carbocycles. The van der Waals surface area contributed by atoms with Gasteiger partial charge in [-0.2, -0.15) is 0 Å². The fraction of sp³-hybridized carbons (Fsp3) is 0.0870. The molecule has 0 aliphatic carbocycles. The zero-order valence-corrected chi connectivity index (χ0v) is 18.8. The lowest BCUT2D eigenvalue weighted by Gasteiger charge is -2.20. The summed E-state index contributed by atoms with van der Waals surface area (Å²) < 4.78 is 29.7. The molecular formula is C23H18ClN5O2S. The summed E-state index contributed by atoms with van der Waals surface area (Å²) in [6.07, 6.45) is 0. The van der Waals surface area contributed by atoms with Crippen molar-refractivity contribution in [3.8, 4) is 11.4 Å². The Morgan fingerprint density at radius 3 is 2.31 bits per heavy atom. The van der Waals surface area contributed by atoms with Gasteiger partial charge in [0.05, 0.1) is 15.9 Å². The molecule has 0 saturated heterocycles. The molecule has 0 atom stereocenters. The maximum atomic E-state index is 13.4. The molecule has 0 radical (unpaired) electrons. The number of nitrogens with zero attached hydrogens (tertiary/aromatic N) is 5. The molecule has 0 N–H and O–H groups in total. The molecule has 0 aliphatic heterocycles. The second-order valence-electron chi connectivity index (χ2n) is 7.40. The Morgan fingerprint density at radius 2 is 1.59 bits per heavy atom. The van der Waals surface area contributed by atoms with Gasteiger partial charge in [0.2, 0.25) is 5.65 Å². The van der Waals surface area contributed by atoms with E-state index < -0.39 is 10.0 Å². The predicted molar refractivity (Wildman–Crippen MR) is 126 cm³/mol. The summed E-state index contributed by atoms with van der Waals surface area (Å²) in [7, 11) is -2.38. The maximum absolute atomic E-state index is 13.4. The number of sulfonamides is 1. The molecule has 9 heteroatoms. The Balaban J connectivity index is 1.76. The number of aromatic nitrogens is 4. The lowest BCUT2D eigenvalue weighted by Crippen LogP contribution is -2.28. The molecular weight excluding hydrogens is 446 g/mol. The Hall–Kier alpha value is -3.49. The largest absolute Gasteiger partial charge is 0.270 e. The van der Waals surface area contributed by atoms with Crippen LogP contribution in [0.25, 0.3) is 28.1 Å². The fourth-order valence-corrected chi connectivity index (χ4v) is 4.82. The molecule has 2 heterocycles. The van der Waals surface area contributed by atoms with E-state index in [-0.39, 0.29) is 10.7 Å².